The molecule has 38 heavy (non-hydrogen) atoms. The van der Waals surface area contributed by atoms with Gasteiger partial charge in [-0.15, -0.1) is 0 Å². The molecule has 2 N–H and O–H groups in total. The normalized spacial score (nSPS) is 17.4. The molecule has 10 heteroatoms. The molecule has 0 spiro atoms. The fourth-order valence-corrected chi connectivity index (χ4v) is 5.66. The van der Waals surface area contributed by atoms with Gasteiger partial charge < -0.3 is 29.3 Å². The van der Waals surface area contributed by atoms with Gasteiger partial charge in [-0.1, -0.05) is 36.9 Å². The minimum Gasteiger partial charge on any atom is -0.454 e. The number of aromatic nitrogens is 1. The van der Waals surface area contributed by atoms with Crippen molar-refractivity contribution in [2.45, 2.75) is 51.3 Å². The van der Waals surface area contributed by atoms with Gasteiger partial charge in [0.2, 0.25) is 12.7 Å². The Morgan fingerprint density at radius 1 is 1.11 bits per heavy atom. The topological polar surface area (TPSA) is 115 Å². The number of aryl methyl sites for hydroxylation is 4. The molecule has 0 aliphatic carbocycles. The van der Waals surface area contributed by atoms with Crippen LogP contribution in [0.25, 0.3) is 0 Å². The summed E-state index contributed by atoms with van der Waals surface area (Å²) in [6.45, 7) is 8.19. The van der Waals surface area contributed by atoms with Gasteiger partial charge in [-0.05, 0) is 54.7 Å². The fraction of sp³-hybridized carbons (Fsp3) is 0.357. The highest BCUT2D eigenvalue weighted by atomic mass is 32.2. The van der Waals surface area contributed by atoms with E-state index in [4.69, 9.17) is 23.7 Å². The number of fused-ring (bicyclic) bond motifs is 1. The minimum absolute atomic E-state index is 0.0310. The Bertz CT molecular complexity index is 1340. The number of hydrogen-bond donors (Lipinski definition) is 2. The van der Waals surface area contributed by atoms with Crippen LogP contribution in [0.1, 0.15) is 47.0 Å². The van der Waals surface area contributed by atoms with Crippen molar-refractivity contribution in [2.24, 2.45) is 4.99 Å². The second-order valence-corrected chi connectivity index (χ2v) is 10.4. The van der Waals surface area contributed by atoms with Crippen molar-refractivity contribution in [3.63, 3.8) is 0 Å². The van der Waals surface area contributed by atoms with Gasteiger partial charge in [0.15, 0.2) is 22.6 Å². The Morgan fingerprint density at radius 3 is 2.63 bits per heavy atom. The van der Waals surface area contributed by atoms with E-state index < -0.39 is 0 Å². The highest BCUT2D eigenvalue weighted by Crippen LogP contribution is 2.38. The lowest BCUT2D eigenvalue weighted by molar-refractivity contribution is -0.119. The number of hydrogen-bond acceptors (Lipinski definition) is 9. The van der Waals surface area contributed by atoms with E-state index >= 15 is 0 Å². The molecule has 3 heterocycles. The Hall–Kier alpha value is -3.79. The first-order valence-corrected chi connectivity index (χ1v) is 13.2. The zero-order valence-electron chi connectivity index (χ0n) is 22.0. The van der Waals surface area contributed by atoms with Gasteiger partial charge in [0, 0.05) is 24.9 Å². The smallest absolute Gasteiger partial charge is 0.231 e. The predicted octanol–water partition coefficient (Wildman–Crippen LogP) is 4.55. The molecule has 2 unspecified atom stereocenters. The van der Waals surface area contributed by atoms with Gasteiger partial charge in [0.1, 0.15) is 12.5 Å². The van der Waals surface area contributed by atoms with E-state index in [-0.39, 0.29) is 30.4 Å². The number of thioether (sulfide) groups is 1. The largest absolute Gasteiger partial charge is 0.454 e. The lowest BCUT2D eigenvalue weighted by Gasteiger charge is -2.16. The second-order valence-electron chi connectivity index (χ2n) is 9.02. The summed E-state index contributed by atoms with van der Waals surface area (Å²) in [5.74, 6) is 2.86. The summed E-state index contributed by atoms with van der Waals surface area (Å²) in [6.07, 6.45) is 1.89. The quantitative estimate of drug-likeness (QED) is 0.452. The summed E-state index contributed by atoms with van der Waals surface area (Å²) in [6, 6.07) is 12.0. The Balaban J connectivity index is 0.00000164. The number of benzene rings is 2. The molecule has 200 valence electrons. The maximum absolute atomic E-state index is 12.7. The number of anilines is 1. The van der Waals surface area contributed by atoms with Crippen LogP contribution >= 0.6 is 11.8 Å². The lowest BCUT2D eigenvalue weighted by atomic mass is 9.98. The lowest BCUT2D eigenvalue weighted by Crippen LogP contribution is -2.29. The van der Waals surface area contributed by atoms with Gasteiger partial charge in [0.25, 0.3) is 0 Å². The molecular weight excluding hydrogens is 504 g/mol. The molecule has 0 saturated heterocycles. The van der Waals surface area contributed by atoms with Gasteiger partial charge in [0.05, 0.1) is 18.2 Å². The molecule has 0 bridgehead atoms. The van der Waals surface area contributed by atoms with Gasteiger partial charge in [-0.2, -0.15) is 0 Å². The minimum atomic E-state index is -0.0996. The third kappa shape index (κ3) is 6.19. The summed E-state index contributed by atoms with van der Waals surface area (Å²) >= 11 is 1.59. The first-order chi connectivity index (χ1) is 18.4. The van der Waals surface area contributed by atoms with Crippen molar-refractivity contribution in [3.8, 4) is 11.5 Å². The Morgan fingerprint density at radius 2 is 1.89 bits per heavy atom. The summed E-state index contributed by atoms with van der Waals surface area (Å²) in [5, 5.41) is 7.15. The van der Waals surface area contributed by atoms with Gasteiger partial charge in [-0.25, -0.2) is 4.98 Å². The summed E-state index contributed by atoms with van der Waals surface area (Å²) < 4.78 is 16.3. The molecule has 0 saturated carbocycles. The number of carbonyl (C=O) groups excluding carboxylic acids is 2. The average Bonchev–Trinajstić information content (AvgIpc) is 3.61. The number of rotatable bonds is 7. The number of nitrogens with one attached hydrogen (secondary N) is 2. The molecule has 3 aromatic rings. The second kappa shape index (κ2) is 12.2. The van der Waals surface area contributed by atoms with Gasteiger partial charge >= 0.3 is 0 Å². The zero-order valence-corrected chi connectivity index (χ0v) is 22.8. The number of amidine groups is 1. The van der Waals surface area contributed by atoms with E-state index in [9.17, 15) is 4.79 Å². The van der Waals surface area contributed by atoms with E-state index in [0.717, 1.165) is 41.1 Å². The molecule has 2 aromatic carbocycles. The summed E-state index contributed by atoms with van der Waals surface area (Å²) in [7, 11) is 1.93. The first-order valence-electron chi connectivity index (χ1n) is 12.3. The molecule has 2 aliphatic rings. The van der Waals surface area contributed by atoms with Crippen LogP contribution < -0.4 is 20.1 Å². The monoisotopic (exact) mass is 536 g/mol. The van der Waals surface area contributed by atoms with E-state index in [1.807, 2.05) is 45.9 Å². The zero-order chi connectivity index (χ0) is 27.2. The molecular formula is C28H32N4O5S. The molecule has 0 radical (unpaired) electrons. The van der Waals surface area contributed by atoms with Crippen molar-refractivity contribution < 1.29 is 23.5 Å². The fourth-order valence-electron chi connectivity index (χ4n) is 4.61. The van der Waals surface area contributed by atoms with Crippen molar-refractivity contribution >= 4 is 35.3 Å². The van der Waals surface area contributed by atoms with Crippen molar-refractivity contribution in [3.05, 3.63) is 70.4 Å². The molecule has 9 nitrogen and oxygen atoms in total. The van der Waals surface area contributed by atoms with Crippen molar-refractivity contribution in [2.75, 3.05) is 19.2 Å². The van der Waals surface area contributed by atoms with Crippen molar-refractivity contribution in [1.29, 1.82) is 0 Å². The van der Waals surface area contributed by atoms with Crippen LogP contribution in [-0.4, -0.2) is 41.9 Å². The van der Waals surface area contributed by atoms with Crippen LogP contribution in [0, 0.1) is 13.8 Å². The molecule has 1 amide bonds. The predicted molar refractivity (Wildman–Crippen MR) is 148 cm³/mol. The summed E-state index contributed by atoms with van der Waals surface area (Å²) in [4.78, 5) is 30.1. The molecule has 1 aromatic heterocycles. The summed E-state index contributed by atoms with van der Waals surface area (Å²) in [5.41, 5.74) is 5.31. The van der Waals surface area contributed by atoms with Crippen LogP contribution in [0.15, 0.2) is 45.8 Å². The number of amides is 1. The SMILES string of the molecule is C=O.CNc1ccc(C2N=C(NC(=O)Cc3ccc4c(c3)OCO4)SC2C)cc1CCc1nc(C)oc1C. The standard InChI is InChI=1S/C27H30N4O4S.CH2O/c1-15-21(29-17(3)35-15)8-6-19-13-20(7-9-22(19)28-4)26-16(2)36-27(31-26)30-25(32)12-18-5-10-23-24(11-18)34-14-33-23;1-2/h5,7,9-11,13,16,26,28H,6,8,12,14H2,1-4H3,(H,30,31,32);1H2. The van der Waals surface area contributed by atoms with Crippen LogP contribution in [0.3, 0.4) is 0 Å². The molecule has 2 atom stereocenters. The van der Waals surface area contributed by atoms with E-state index in [2.05, 4.69) is 40.7 Å². The van der Waals surface area contributed by atoms with Crippen molar-refractivity contribution in [1.82, 2.24) is 10.3 Å². The van der Waals surface area contributed by atoms with E-state index in [0.29, 0.717) is 22.6 Å². The van der Waals surface area contributed by atoms with Crippen LogP contribution in [0.5, 0.6) is 11.5 Å². The highest BCUT2D eigenvalue weighted by Gasteiger charge is 2.29. The number of oxazole rings is 1. The van der Waals surface area contributed by atoms with Gasteiger partial charge in [-0.3, -0.25) is 9.79 Å². The van der Waals surface area contributed by atoms with E-state index in [1.165, 1.54) is 5.56 Å². The molecule has 5 rings (SSSR count). The molecule has 0 fully saturated rings. The molecule has 2 aliphatic heterocycles. The Labute approximate surface area is 226 Å². The first kappa shape index (κ1) is 27.3. The number of carbonyl (C=O) groups is 2. The average molecular weight is 537 g/mol. The van der Waals surface area contributed by atoms with Crippen LogP contribution in [0.2, 0.25) is 0 Å². The van der Waals surface area contributed by atoms with E-state index in [1.54, 1.807) is 11.8 Å². The highest BCUT2D eigenvalue weighted by molar-refractivity contribution is 8.14. The number of nitrogens with zero attached hydrogens (tertiary/aromatic N) is 2. The number of ether oxygens (including phenoxy) is 2. The third-order valence-corrected chi connectivity index (χ3v) is 7.48. The maximum atomic E-state index is 12.7. The Kier molecular flexibility index (Phi) is 8.73. The third-order valence-electron chi connectivity index (χ3n) is 6.42. The number of aliphatic imine (C=N–C) groups is 1. The van der Waals surface area contributed by atoms with Crippen LogP contribution in [0.4, 0.5) is 5.69 Å². The maximum Gasteiger partial charge on any atom is 0.231 e. The van der Waals surface area contributed by atoms with Crippen LogP contribution in [-0.2, 0) is 28.9 Å².